The number of H-pyrrole nitrogens is 2. The van der Waals surface area contributed by atoms with E-state index in [-0.39, 0.29) is 17.0 Å². The molecule has 0 amide bonds. The van der Waals surface area contributed by atoms with Crippen LogP contribution in [0.2, 0.25) is 0 Å². The lowest BCUT2D eigenvalue weighted by atomic mass is 10.1. The van der Waals surface area contributed by atoms with Crippen molar-refractivity contribution in [2.24, 2.45) is 0 Å². The summed E-state index contributed by atoms with van der Waals surface area (Å²) < 4.78 is 31.5. The third kappa shape index (κ3) is 1.69. The van der Waals surface area contributed by atoms with Crippen molar-refractivity contribution >= 4 is 0 Å². The first kappa shape index (κ1) is 10.4. The fourth-order valence-corrected chi connectivity index (χ4v) is 1.37. The molecule has 2 aromatic rings. The highest BCUT2D eigenvalue weighted by Crippen LogP contribution is 2.26. The van der Waals surface area contributed by atoms with Crippen molar-refractivity contribution in [1.29, 1.82) is 0 Å². The Balaban J connectivity index is 2.58. The van der Waals surface area contributed by atoms with Gasteiger partial charge in [0, 0.05) is 17.8 Å². The van der Waals surface area contributed by atoms with Gasteiger partial charge in [0.05, 0.1) is 12.8 Å². The van der Waals surface area contributed by atoms with Crippen LogP contribution in [0.4, 0.5) is 8.78 Å². The number of ether oxygens (including phenoxy) is 1. The van der Waals surface area contributed by atoms with Crippen LogP contribution in [0.3, 0.4) is 0 Å². The molecule has 0 saturated carbocycles. The molecule has 1 aromatic carbocycles. The number of benzene rings is 1. The van der Waals surface area contributed by atoms with E-state index in [0.29, 0.717) is 0 Å². The molecule has 1 aromatic heterocycles. The number of halogens is 2. The molecule has 84 valence electrons. The molecule has 0 fully saturated rings. The van der Waals surface area contributed by atoms with Crippen LogP contribution in [0.25, 0.3) is 11.3 Å². The molecule has 1 heterocycles. The van der Waals surface area contributed by atoms with Crippen molar-refractivity contribution in [1.82, 2.24) is 9.97 Å². The first-order valence-electron chi connectivity index (χ1n) is 4.43. The molecule has 2 N–H and O–H groups in total. The largest absolute Gasteiger partial charge is 0.494 e. The lowest BCUT2D eigenvalue weighted by Crippen LogP contribution is -2.00. The highest BCUT2D eigenvalue weighted by molar-refractivity contribution is 5.60. The average Bonchev–Trinajstić information content (AvgIpc) is 2.67. The van der Waals surface area contributed by atoms with Gasteiger partial charge in [-0.15, -0.1) is 0 Å². The zero-order valence-electron chi connectivity index (χ0n) is 8.30. The Kier molecular flexibility index (Phi) is 2.47. The predicted molar refractivity (Wildman–Crippen MR) is 53.3 cm³/mol. The van der Waals surface area contributed by atoms with Crippen LogP contribution in [0.1, 0.15) is 0 Å². The van der Waals surface area contributed by atoms with Gasteiger partial charge in [0.15, 0.2) is 11.6 Å². The van der Waals surface area contributed by atoms with E-state index in [1.807, 2.05) is 0 Å². The lowest BCUT2D eigenvalue weighted by molar-refractivity contribution is 0.383. The third-order valence-corrected chi connectivity index (χ3v) is 2.13. The first-order valence-corrected chi connectivity index (χ1v) is 4.43. The molecule has 0 spiro atoms. The summed E-state index contributed by atoms with van der Waals surface area (Å²) in [6.45, 7) is 0. The van der Waals surface area contributed by atoms with Crippen LogP contribution < -0.4 is 10.4 Å². The second-order valence-corrected chi connectivity index (χ2v) is 3.12. The van der Waals surface area contributed by atoms with Crippen LogP contribution in [0, 0.1) is 11.6 Å². The lowest BCUT2D eigenvalue weighted by Gasteiger charge is -2.05. The molecule has 0 radical (unpaired) electrons. The van der Waals surface area contributed by atoms with Crippen molar-refractivity contribution in [2.75, 3.05) is 7.11 Å². The summed E-state index contributed by atoms with van der Waals surface area (Å²) in [6, 6.07) is 1.89. The standard InChI is InChI=1S/C10H8F2N2O2/c1-16-9-3-6(11)5(2-7(9)12)8-4-13-10(15)14-8/h2-4H,1H3,(H2,13,14,15). The highest BCUT2D eigenvalue weighted by atomic mass is 19.1. The van der Waals surface area contributed by atoms with Crippen molar-refractivity contribution in [3.63, 3.8) is 0 Å². The number of nitrogens with one attached hydrogen (secondary N) is 2. The Hall–Kier alpha value is -2.11. The maximum Gasteiger partial charge on any atom is 0.323 e. The van der Waals surface area contributed by atoms with Gasteiger partial charge in [0.25, 0.3) is 0 Å². The number of imidazole rings is 1. The van der Waals surface area contributed by atoms with Crippen LogP contribution in [-0.2, 0) is 0 Å². The number of hydrogen-bond acceptors (Lipinski definition) is 2. The van der Waals surface area contributed by atoms with Crippen molar-refractivity contribution in [3.8, 4) is 17.0 Å². The van der Waals surface area contributed by atoms with Crippen molar-refractivity contribution < 1.29 is 13.5 Å². The molecular weight excluding hydrogens is 218 g/mol. The van der Waals surface area contributed by atoms with Crippen LogP contribution in [0.5, 0.6) is 5.75 Å². The Morgan fingerprint density at radius 2 is 2.00 bits per heavy atom. The van der Waals surface area contributed by atoms with Crippen LogP contribution in [-0.4, -0.2) is 17.1 Å². The van der Waals surface area contributed by atoms with Crippen molar-refractivity contribution in [3.05, 3.63) is 40.4 Å². The molecule has 0 bridgehead atoms. The predicted octanol–water partition coefficient (Wildman–Crippen LogP) is 1.66. The van der Waals surface area contributed by atoms with Crippen LogP contribution in [0.15, 0.2) is 23.1 Å². The summed E-state index contributed by atoms with van der Waals surface area (Å²) >= 11 is 0. The minimum Gasteiger partial charge on any atom is -0.494 e. The summed E-state index contributed by atoms with van der Waals surface area (Å²) in [6.07, 6.45) is 1.27. The highest BCUT2D eigenvalue weighted by Gasteiger charge is 2.13. The zero-order valence-corrected chi connectivity index (χ0v) is 8.30. The smallest absolute Gasteiger partial charge is 0.323 e. The molecule has 0 aliphatic rings. The van der Waals surface area contributed by atoms with E-state index in [1.54, 1.807) is 0 Å². The Morgan fingerprint density at radius 1 is 1.25 bits per heavy atom. The van der Waals surface area contributed by atoms with Gasteiger partial charge >= 0.3 is 5.69 Å². The Labute approximate surface area is 88.9 Å². The van der Waals surface area contributed by atoms with Gasteiger partial charge in [-0.25, -0.2) is 13.6 Å². The molecule has 6 heteroatoms. The molecule has 2 rings (SSSR count). The van der Waals surface area contributed by atoms with E-state index < -0.39 is 17.3 Å². The van der Waals surface area contributed by atoms with E-state index in [0.717, 1.165) is 12.1 Å². The molecule has 0 unspecified atom stereocenters. The van der Waals surface area contributed by atoms with Crippen LogP contribution >= 0.6 is 0 Å². The fourth-order valence-electron chi connectivity index (χ4n) is 1.37. The summed E-state index contributed by atoms with van der Waals surface area (Å²) in [5.74, 6) is -1.55. The van der Waals surface area contributed by atoms with E-state index in [4.69, 9.17) is 0 Å². The Morgan fingerprint density at radius 3 is 2.56 bits per heavy atom. The zero-order chi connectivity index (χ0) is 11.7. The van der Waals surface area contributed by atoms with Gasteiger partial charge in [-0.3, -0.25) is 0 Å². The maximum absolute atomic E-state index is 13.5. The van der Waals surface area contributed by atoms with Crippen molar-refractivity contribution in [2.45, 2.75) is 0 Å². The number of hydrogen-bond donors (Lipinski definition) is 2. The Bertz CT molecular complexity index is 574. The maximum atomic E-state index is 13.5. The molecule has 4 nitrogen and oxygen atoms in total. The van der Waals surface area contributed by atoms with E-state index in [9.17, 15) is 13.6 Å². The SMILES string of the molecule is COc1cc(F)c(-c2c[nH]c(=O)[nH]2)cc1F. The van der Waals surface area contributed by atoms with E-state index >= 15 is 0 Å². The molecule has 0 aliphatic carbocycles. The summed E-state index contributed by atoms with van der Waals surface area (Å²) in [5, 5.41) is 0. The third-order valence-electron chi connectivity index (χ3n) is 2.13. The monoisotopic (exact) mass is 226 g/mol. The van der Waals surface area contributed by atoms with Gasteiger partial charge in [-0.05, 0) is 6.07 Å². The normalized spacial score (nSPS) is 10.4. The van der Waals surface area contributed by atoms with E-state index in [1.165, 1.54) is 13.3 Å². The number of aromatic nitrogens is 2. The summed E-state index contributed by atoms with van der Waals surface area (Å²) in [7, 11) is 1.25. The molecule has 16 heavy (non-hydrogen) atoms. The second kappa shape index (κ2) is 3.80. The average molecular weight is 226 g/mol. The number of aromatic amines is 2. The fraction of sp³-hybridized carbons (Fsp3) is 0.100. The quantitative estimate of drug-likeness (QED) is 0.818. The topological polar surface area (TPSA) is 57.9 Å². The van der Waals surface area contributed by atoms with Gasteiger partial charge in [0.2, 0.25) is 0 Å². The van der Waals surface area contributed by atoms with Gasteiger partial charge in [-0.1, -0.05) is 0 Å². The van der Waals surface area contributed by atoms with Gasteiger partial charge in [-0.2, -0.15) is 0 Å². The van der Waals surface area contributed by atoms with E-state index in [2.05, 4.69) is 14.7 Å². The summed E-state index contributed by atoms with van der Waals surface area (Å²) in [5.41, 5.74) is -0.327. The summed E-state index contributed by atoms with van der Waals surface area (Å²) in [4.78, 5) is 15.5. The molecule has 0 aliphatic heterocycles. The van der Waals surface area contributed by atoms with Gasteiger partial charge in [0.1, 0.15) is 5.82 Å². The molecular formula is C10H8F2N2O2. The minimum absolute atomic E-state index is 0.0309. The number of methoxy groups -OCH3 is 1. The molecule has 0 atom stereocenters. The first-order chi connectivity index (χ1) is 7.61. The van der Waals surface area contributed by atoms with Gasteiger partial charge < -0.3 is 14.7 Å². The number of rotatable bonds is 2. The second-order valence-electron chi connectivity index (χ2n) is 3.12. The minimum atomic E-state index is -0.694. The molecule has 0 saturated heterocycles.